The second-order valence-corrected chi connectivity index (χ2v) is 7.18. The quantitative estimate of drug-likeness (QED) is 0.664. The fraction of sp³-hybridized carbons (Fsp3) is 0.364. The third kappa shape index (κ3) is 1.93. The van der Waals surface area contributed by atoms with Gasteiger partial charge in [0.05, 0.1) is 10.2 Å². The minimum absolute atomic E-state index is 0.212. The monoisotopic (exact) mass is 317 g/mol. The van der Waals surface area contributed by atoms with E-state index in [1.807, 2.05) is 0 Å². The van der Waals surface area contributed by atoms with Crippen molar-refractivity contribution in [3.8, 4) is 0 Å². The molecule has 2 rings (SSSR count). The van der Waals surface area contributed by atoms with Gasteiger partial charge in [0.2, 0.25) is 0 Å². The average molecular weight is 317 g/mol. The lowest BCUT2D eigenvalue weighted by molar-refractivity contribution is 0.591. The van der Waals surface area contributed by atoms with Gasteiger partial charge in [-0.25, -0.2) is 4.98 Å². The van der Waals surface area contributed by atoms with Gasteiger partial charge in [-0.2, -0.15) is 0 Å². The molecule has 0 saturated heterocycles. The number of halogens is 1. The van der Waals surface area contributed by atoms with E-state index in [4.69, 9.17) is 0 Å². The molecule has 0 radical (unpaired) electrons. The Labute approximate surface area is 102 Å². The number of rotatable bonds is 0. The Bertz CT molecular complexity index is 468. The molecule has 0 unspecified atom stereocenters. The summed E-state index contributed by atoms with van der Waals surface area (Å²) in [5.74, 6) is 0. The zero-order valence-electron chi connectivity index (χ0n) is 8.47. The number of benzene rings is 1. The Morgan fingerprint density at radius 3 is 2.64 bits per heavy atom. The van der Waals surface area contributed by atoms with Crippen molar-refractivity contribution in [2.24, 2.45) is 0 Å². The first kappa shape index (κ1) is 10.4. The highest BCUT2D eigenvalue weighted by atomic mass is 127. The summed E-state index contributed by atoms with van der Waals surface area (Å²) < 4.78 is 2.39. The van der Waals surface area contributed by atoms with Crippen molar-refractivity contribution in [3.63, 3.8) is 0 Å². The topological polar surface area (TPSA) is 12.9 Å². The molecule has 14 heavy (non-hydrogen) atoms. The van der Waals surface area contributed by atoms with Gasteiger partial charge in [0, 0.05) is 0 Å². The van der Waals surface area contributed by atoms with E-state index in [2.05, 4.69) is 66.5 Å². The zero-order chi connectivity index (χ0) is 10.3. The fourth-order valence-electron chi connectivity index (χ4n) is 1.37. The average Bonchev–Trinajstić information content (AvgIpc) is 2.41. The molecule has 74 valence electrons. The van der Waals surface area contributed by atoms with Crippen LogP contribution in [0.3, 0.4) is 0 Å². The van der Waals surface area contributed by atoms with E-state index >= 15 is 0 Å². The van der Waals surface area contributed by atoms with E-state index in [9.17, 15) is 0 Å². The predicted molar refractivity (Wildman–Crippen MR) is 71.0 cm³/mol. The highest BCUT2D eigenvalue weighted by molar-refractivity contribution is 14.1. The molecule has 1 aromatic heterocycles. The van der Waals surface area contributed by atoms with Crippen LogP contribution in [-0.2, 0) is 5.41 Å². The summed E-state index contributed by atoms with van der Waals surface area (Å²) in [6, 6.07) is 6.58. The summed E-state index contributed by atoms with van der Waals surface area (Å²) >= 11 is 4.02. The molecule has 1 aromatic carbocycles. The van der Waals surface area contributed by atoms with Crippen molar-refractivity contribution in [1.29, 1.82) is 0 Å². The van der Waals surface area contributed by atoms with E-state index in [1.165, 1.54) is 10.3 Å². The predicted octanol–water partition coefficient (Wildman–Crippen LogP) is 4.20. The van der Waals surface area contributed by atoms with Gasteiger partial charge in [-0.1, -0.05) is 26.8 Å². The minimum Gasteiger partial charge on any atom is -0.230 e. The van der Waals surface area contributed by atoms with Crippen molar-refractivity contribution >= 4 is 44.1 Å². The van der Waals surface area contributed by atoms with Gasteiger partial charge >= 0.3 is 0 Å². The Hall–Kier alpha value is -0.160. The van der Waals surface area contributed by atoms with Gasteiger partial charge in [0.15, 0.2) is 3.01 Å². The second-order valence-electron chi connectivity index (χ2n) is 4.40. The summed E-state index contributed by atoms with van der Waals surface area (Å²) in [6.07, 6.45) is 0. The van der Waals surface area contributed by atoms with Crippen LogP contribution in [0.1, 0.15) is 26.3 Å². The van der Waals surface area contributed by atoms with Gasteiger partial charge in [-0.05, 0) is 45.7 Å². The summed E-state index contributed by atoms with van der Waals surface area (Å²) in [6.45, 7) is 6.68. The van der Waals surface area contributed by atoms with Gasteiger partial charge in [-0.15, -0.1) is 11.3 Å². The molecule has 2 aromatic rings. The molecule has 0 saturated carbocycles. The lowest BCUT2D eigenvalue weighted by atomic mass is 9.87. The highest BCUT2D eigenvalue weighted by Crippen LogP contribution is 2.29. The summed E-state index contributed by atoms with van der Waals surface area (Å²) in [5, 5.41) is 0. The Balaban J connectivity index is 2.62. The van der Waals surface area contributed by atoms with Crippen LogP contribution in [0.25, 0.3) is 10.2 Å². The number of thiazole rings is 1. The van der Waals surface area contributed by atoms with Crippen LogP contribution in [0, 0.1) is 3.01 Å². The van der Waals surface area contributed by atoms with Crippen molar-refractivity contribution in [2.45, 2.75) is 26.2 Å². The third-order valence-corrected chi connectivity index (χ3v) is 3.95. The van der Waals surface area contributed by atoms with E-state index in [0.29, 0.717) is 0 Å². The van der Waals surface area contributed by atoms with E-state index in [0.717, 1.165) is 8.53 Å². The number of fused-ring (bicyclic) bond motifs is 1. The maximum Gasteiger partial charge on any atom is 0.155 e. The molecule has 1 nitrogen and oxygen atoms in total. The van der Waals surface area contributed by atoms with Gasteiger partial charge in [0.1, 0.15) is 0 Å². The maximum absolute atomic E-state index is 4.49. The molecular weight excluding hydrogens is 305 g/mol. The zero-order valence-corrected chi connectivity index (χ0v) is 11.4. The first-order chi connectivity index (χ1) is 6.47. The maximum atomic E-state index is 4.49. The molecular formula is C11H12INS. The van der Waals surface area contributed by atoms with Crippen molar-refractivity contribution < 1.29 is 0 Å². The Kier molecular flexibility index (Phi) is 2.55. The van der Waals surface area contributed by atoms with Crippen LogP contribution in [0.2, 0.25) is 0 Å². The van der Waals surface area contributed by atoms with Gasteiger partial charge in [-0.3, -0.25) is 0 Å². The largest absolute Gasteiger partial charge is 0.230 e. The van der Waals surface area contributed by atoms with Crippen LogP contribution < -0.4 is 0 Å². The molecule has 0 spiro atoms. The molecule has 0 aliphatic rings. The van der Waals surface area contributed by atoms with Gasteiger partial charge in [0.25, 0.3) is 0 Å². The number of hydrogen-bond donors (Lipinski definition) is 0. The van der Waals surface area contributed by atoms with E-state index < -0.39 is 0 Å². The van der Waals surface area contributed by atoms with Crippen molar-refractivity contribution in [3.05, 3.63) is 26.8 Å². The van der Waals surface area contributed by atoms with Crippen molar-refractivity contribution in [1.82, 2.24) is 4.98 Å². The standard InChI is InChI=1S/C11H12INS/c1-11(2,3)7-4-5-9-8(6-7)13-10(12)14-9/h4-6H,1-3H3. The van der Waals surface area contributed by atoms with Crippen LogP contribution in [0.5, 0.6) is 0 Å². The van der Waals surface area contributed by atoms with E-state index in [1.54, 1.807) is 11.3 Å². The van der Waals surface area contributed by atoms with E-state index in [-0.39, 0.29) is 5.41 Å². The second kappa shape index (κ2) is 3.45. The lowest BCUT2D eigenvalue weighted by Gasteiger charge is -2.18. The summed E-state index contributed by atoms with van der Waals surface area (Å²) in [4.78, 5) is 4.49. The first-order valence-corrected chi connectivity index (χ1v) is 6.43. The van der Waals surface area contributed by atoms with Crippen LogP contribution in [-0.4, -0.2) is 4.98 Å². The highest BCUT2D eigenvalue weighted by Gasteiger charge is 2.14. The number of hydrogen-bond acceptors (Lipinski definition) is 2. The molecule has 0 amide bonds. The molecule has 0 aliphatic carbocycles. The Morgan fingerprint density at radius 1 is 1.29 bits per heavy atom. The molecule has 0 aliphatic heterocycles. The third-order valence-electron chi connectivity index (χ3n) is 2.23. The number of aromatic nitrogens is 1. The van der Waals surface area contributed by atoms with Crippen LogP contribution in [0.15, 0.2) is 18.2 Å². The molecule has 0 N–H and O–H groups in total. The molecule has 1 heterocycles. The number of nitrogens with zero attached hydrogens (tertiary/aromatic N) is 1. The smallest absolute Gasteiger partial charge is 0.155 e. The normalized spacial score (nSPS) is 12.3. The summed E-state index contributed by atoms with van der Waals surface area (Å²) in [7, 11) is 0. The minimum atomic E-state index is 0.212. The van der Waals surface area contributed by atoms with Crippen LogP contribution >= 0.6 is 33.9 Å². The molecule has 0 atom stereocenters. The Morgan fingerprint density at radius 2 is 2.00 bits per heavy atom. The van der Waals surface area contributed by atoms with Crippen molar-refractivity contribution in [2.75, 3.05) is 0 Å². The van der Waals surface area contributed by atoms with Gasteiger partial charge < -0.3 is 0 Å². The lowest BCUT2D eigenvalue weighted by Crippen LogP contribution is -2.10. The van der Waals surface area contributed by atoms with Crippen LogP contribution in [0.4, 0.5) is 0 Å². The fourth-order valence-corrected chi connectivity index (χ4v) is 3.01. The molecule has 3 heteroatoms. The SMILES string of the molecule is CC(C)(C)c1ccc2sc(I)nc2c1. The molecule has 0 bridgehead atoms. The first-order valence-electron chi connectivity index (χ1n) is 4.53. The molecule has 0 fully saturated rings. The summed E-state index contributed by atoms with van der Waals surface area (Å²) in [5.41, 5.74) is 2.70.